The summed E-state index contributed by atoms with van der Waals surface area (Å²) in [6, 6.07) is -0.312. The molecule has 0 aliphatic carbocycles. The molecule has 4 amide bonds. The van der Waals surface area contributed by atoms with Gasteiger partial charge in [-0.1, -0.05) is 6.92 Å². The molecule has 0 aromatic rings. The van der Waals surface area contributed by atoms with Crippen LogP contribution in [0.3, 0.4) is 0 Å². The van der Waals surface area contributed by atoms with Crippen LogP contribution in [-0.4, -0.2) is 84.4 Å². The molecule has 0 unspecified atom stereocenters. The van der Waals surface area contributed by atoms with Gasteiger partial charge in [0.05, 0.1) is 0 Å². The van der Waals surface area contributed by atoms with Gasteiger partial charge in [0.1, 0.15) is 11.7 Å². The van der Waals surface area contributed by atoms with Gasteiger partial charge in [-0.15, -0.1) is 0 Å². The van der Waals surface area contributed by atoms with Crippen LogP contribution in [0.25, 0.3) is 0 Å². The Morgan fingerprint density at radius 2 is 1.69 bits per heavy atom. The third-order valence-electron chi connectivity index (χ3n) is 4.41. The highest BCUT2D eigenvalue weighted by atomic mass is 16.6. The summed E-state index contributed by atoms with van der Waals surface area (Å²) in [7, 11) is 1.51. The first kappa shape index (κ1) is 20.3. The number of hydrazine groups is 1. The van der Waals surface area contributed by atoms with Gasteiger partial charge >= 0.3 is 12.1 Å². The molecular weight excluding hydrogens is 340 g/mol. The lowest BCUT2D eigenvalue weighted by molar-refractivity contribution is -0.135. The minimum atomic E-state index is -0.548. The molecule has 2 aliphatic rings. The lowest BCUT2D eigenvalue weighted by Crippen LogP contribution is -2.57. The number of nitrogens with one attached hydrogen (secondary N) is 1. The summed E-state index contributed by atoms with van der Waals surface area (Å²) in [6.45, 7) is 9.52. The Balaban J connectivity index is 1.80. The smallest absolute Gasteiger partial charge is 0.410 e. The first-order valence-electron chi connectivity index (χ1n) is 9.01. The summed E-state index contributed by atoms with van der Waals surface area (Å²) in [4.78, 5) is 40.0. The topological polar surface area (TPSA) is 91.4 Å². The molecule has 26 heavy (non-hydrogen) atoms. The summed E-state index contributed by atoms with van der Waals surface area (Å²) in [6.07, 6.45) is -0.0598. The van der Waals surface area contributed by atoms with E-state index in [-0.39, 0.29) is 23.9 Å². The fourth-order valence-corrected chi connectivity index (χ4v) is 2.93. The molecule has 2 atom stereocenters. The van der Waals surface area contributed by atoms with Crippen molar-refractivity contribution in [3.8, 4) is 0 Å². The van der Waals surface area contributed by atoms with Crippen molar-refractivity contribution in [2.24, 2.45) is 5.92 Å². The van der Waals surface area contributed by atoms with Gasteiger partial charge in [-0.3, -0.25) is 10.2 Å². The number of rotatable bonds is 1. The van der Waals surface area contributed by atoms with E-state index in [4.69, 9.17) is 9.47 Å². The predicted octanol–water partition coefficient (Wildman–Crippen LogP) is 1.05. The number of carbonyl (C=O) groups excluding carboxylic acids is 3. The second kappa shape index (κ2) is 8.11. The van der Waals surface area contributed by atoms with E-state index in [1.54, 1.807) is 9.80 Å². The SMILES string of the molecule is C[C@H]1CCO[C@@H]1C(=O)NN(C)C(=O)N1CCN(C(=O)OC(C)(C)C)CC1. The third kappa shape index (κ3) is 5.23. The number of carbonyl (C=O) groups is 3. The Morgan fingerprint density at radius 1 is 1.12 bits per heavy atom. The predicted molar refractivity (Wildman–Crippen MR) is 94.2 cm³/mol. The molecule has 0 aromatic carbocycles. The van der Waals surface area contributed by atoms with E-state index in [1.165, 1.54) is 12.1 Å². The molecule has 1 N–H and O–H groups in total. The molecule has 0 bridgehead atoms. The zero-order chi connectivity index (χ0) is 19.5. The van der Waals surface area contributed by atoms with Crippen LogP contribution in [0, 0.1) is 5.92 Å². The van der Waals surface area contributed by atoms with Gasteiger partial charge in [0, 0.05) is 39.8 Å². The molecule has 0 saturated carbocycles. The van der Waals surface area contributed by atoms with Crippen molar-refractivity contribution in [1.29, 1.82) is 0 Å². The largest absolute Gasteiger partial charge is 0.444 e. The third-order valence-corrected chi connectivity index (χ3v) is 4.41. The first-order valence-corrected chi connectivity index (χ1v) is 9.01. The highest BCUT2D eigenvalue weighted by molar-refractivity contribution is 5.84. The highest BCUT2D eigenvalue weighted by Crippen LogP contribution is 2.20. The normalized spacial score (nSPS) is 23.6. The second-order valence-corrected chi connectivity index (χ2v) is 7.83. The van der Waals surface area contributed by atoms with Crippen molar-refractivity contribution in [3.05, 3.63) is 0 Å². The maximum atomic E-state index is 12.5. The van der Waals surface area contributed by atoms with Crippen molar-refractivity contribution in [2.45, 2.75) is 45.8 Å². The molecule has 2 rings (SSSR count). The van der Waals surface area contributed by atoms with Crippen molar-refractivity contribution < 1.29 is 23.9 Å². The number of urea groups is 1. The standard InChI is InChI=1S/C17H30N4O5/c1-12-6-11-25-13(12)14(22)18-19(5)15(23)20-7-9-21(10-8-20)16(24)26-17(2,3)4/h12-13H,6-11H2,1-5H3,(H,18,22)/t12-,13-/m0/s1. The van der Waals surface area contributed by atoms with Crippen LogP contribution in [0.2, 0.25) is 0 Å². The van der Waals surface area contributed by atoms with Gasteiger partial charge in [0.25, 0.3) is 5.91 Å². The summed E-state index contributed by atoms with van der Waals surface area (Å²) in [5.41, 5.74) is 2.04. The molecule has 2 fully saturated rings. The number of hydrogen-bond donors (Lipinski definition) is 1. The van der Waals surface area contributed by atoms with Crippen molar-refractivity contribution in [2.75, 3.05) is 39.8 Å². The maximum absolute atomic E-state index is 12.5. The van der Waals surface area contributed by atoms with Crippen LogP contribution in [-0.2, 0) is 14.3 Å². The number of nitrogens with zero attached hydrogens (tertiary/aromatic N) is 3. The summed E-state index contributed by atoms with van der Waals surface area (Å²) in [5.74, 6) is -0.172. The number of amides is 4. The Labute approximate surface area is 154 Å². The average Bonchev–Trinajstić information content (AvgIpc) is 2.98. The quantitative estimate of drug-likeness (QED) is 0.697. The molecule has 0 aromatic heterocycles. The molecule has 9 heteroatoms. The molecule has 2 saturated heterocycles. The van der Waals surface area contributed by atoms with Gasteiger partial charge in [-0.25, -0.2) is 14.6 Å². The average molecular weight is 370 g/mol. The molecule has 2 aliphatic heterocycles. The molecule has 2 heterocycles. The van der Waals surface area contributed by atoms with E-state index in [0.717, 1.165) is 6.42 Å². The van der Waals surface area contributed by atoms with Crippen LogP contribution < -0.4 is 5.43 Å². The first-order chi connectivity index (χ1) is 12.1. The highest BCUT2D eigenvalue weighted by Gasteiger charge is 2.33. The number of ether oxygens (including phenoxy) is 2. The van der Waals surface area contributed by atoms with Crippen LogP contribution in [0.15, 0.2) is 0 Å². The molecule has 9 nitrogen and oxygen atoms in total. The molecule has 0 spiro atoms. The van der Waals surface area contributed by atoms with E-state index in [2.05, 4.69) is 5.43 Å². The van der Waals surface area contributed by atoms with Crippen LogP contribution in [0.4, 0.5) is 9.59 Å². The molecule has 0 radical (unpaired) electrons. The number of piperazine rings is 1. The lowest BCUT2D eigenvalue weighted by atomic mass is 10.0. The second-order valence-electron chi connectivity index (χ2n) is 7.83. The van der Waals surface area contributed by atoms with Crippen LogP contribution in [0.5, 0.6) is 0 Å². The summed E-state index contributed by atoms with van der Waals surface area (Å²) < 4.78 is 10.8. The Kier molecular flexibility index (Phi) is 6.33. The molecule has 148 valence electrons. The van der Waals surface area contributed by atoms with Crippen LogP contribution in [0.1, 0.15) is 34.1 Å². The van der Waals surface area contributed by atoms with Crippen molar-refractivity contribution in [3.63, 3.8) is 0 Å². The maximum Gasteiger partial charge on any atom is 0.410 e. The van der Waals surface area contributed by atoms with Crippen molar-refractivity contribution in [1.82, 2.24) is 20.2 Å². The monoisotopic (exact) mass is 370 g/mol. The number of hydrogen-bond acceptors (Lipinski definition) is 5. The zero-order valence-corrected chi connectivity index (χ0v) is 16.3. The lowest BCUT2D eigenvalue weighted by Gasteiger charge is -2.37. The van der Waals surface area contributed by atoms with Gasteiger partial charge in [0.15, 0.2) is 0 Å². The van der Waals surface area contributed by atoms with E-state index < -0.39 is 11.7 Å². The summed E-state index contributed by atoms with van der Waals surface area (Å²) >= 11 is 0. The Bertz CT molecular complexity index is 540. The van der Waals surface area contributed by atoms with Crippen LogP contribution >= 0.6 is 0 Å². The van der Waals surface area contributed by atoms with Gasteiger partial charge in [-0.2, -0.15) is 0 Å². The fourth-order valence-electron chi connectivity index (χ4n) is 2.93. The summed E-state index contributed by atoms with van der Waals surface area (Å²) in [5, 5.41) is 1.18. The van der Waals surface area contributed by atoms with Gasteiger partial charge in [-0.05, 0) is 33.1 Å². The van der Waals surface area contributed by atoms with Crippen molar-refractivity contribution >= 4 is 18.0 Å². The van der Waals surface area contributed by atoms with E-state index in [9.17, 15) is 14.4 Å². The minimum absolute atomic E-state index is 0.135. The Morgan fingerprint density at radius 3 is 2.19 bits per heavy atom. The minimum Gasteiger partial charge on any atom is -0.444 e. The van der Waals surface area contributed by atoms with Gasteiger partial charge < -0.3 is 19.3 Å². The Hall–Kier alpha value is -2.03. The zero-order valence-electron chi connectivity index (χ0n) is 16.3. The van der Waals surface area contributed by atoms with E-state index in [1.807, 2.05) is 27.7 Å². The fraction of sp³-hybridized carbons (Fsp3) is 0.824. The molecular formula is C17H30N4O5. The van der Waals surface area contributed by atoms with E-state index in [0.29, 0.717) is 32.8 Å². The van der Waals surface area contributed by atoms with Gasteiger partial charge in [0.2, 0.25) is 0 Å². The van der Waals surface area contributed by atoms with E-state index >= 15 is 0 Å².